The molecule has 0 saturated heterocycles. The minimum Gasteiger partial charge on any atom is -0.497 e. The molecular formula is C51H34N2O. The molecule has 0 atom stereocenters. The van der Waals surface area contributed by atoms with Gasteiger partial charge in [0.2, 0.25) is 0 Å². The maximum atomic E-state index is 5.86. The second-order valence-corrected chi connectivity index (χ2v) is 14.9. The van der Waals surface area contributed by atoms with Crippen molar-refractivity contribution in [2.24, 2.45) is 0 Å². The molecule has 1 spiro atoms. The van der Waals surface area contributed by atoms with E-state index in [1.54, 1.807) is 7.11 Å². The third-order valence-corrected chi connectivity index (χ3v) is 12.3. The molecule has 0 aliphatic heterocycles. The quantitative estimate of drug-likeness (QED) is 0.183. The number of aryl methyl sites for hydroxylation is 1. The molecule has 12 rings (SSSR count). The van der Waals surface area contributed by atoms with Gasteiger partial charge in [-0.3, -0.25) is 0 Å². The maximum Gasteiger partial charge on any atom is 0.120 e. The summed E-state index contributed by atoms with van der Waals surface area (Å²) in [5.41, 5.74) is 18.3. The van der Waals surface area contributed by atoms with Crippen LogP contribution in [0.25, 0.3) is 60.3 Å². The van der Waals surface area contributed by atoms with E-state index in [-0.39, 0.29) is 0 Å². The molecule has 2 aliphatic rings. The van der Waals surface area contributed by atoms with Gasteiger partial charge in [0.1, 0.15) is 5.75 Å². The van der Waals surface area contributed by atoms with Crippen LogP contribution >= 0.6 is 0 Å². The van der Waals surface area contributed by atoms with E-state index in [1.165, 1.54) is 88.2 Å². The highest BCUT2D eigenvalue weighted by atomic mass is 16.5. The van der Waals surface area contributed by atoms with E-state index < -0.39 is 5.41 Å². The van der Waals surface area contributed by atoms with Crippen LogP contribution in [0, 0.1) is 6.92 Å². The number of para-hydroxylation sites is 2. The molecule has 0 amide bonds. The summed E-state index contributed by atoms with van der Waals surface area (Å²) >= 11 is 0. The van der Waals surface area contributed by atoms with Crippen molar-refractivity contribution in [1.29, 1.82) is 0 Å². The smallest absolute Gasteiger partial charge is 0.120 e. The van der Waals surface area contributed by atoms with E-state index in [9.17, 15) is 0 Å². The Morgan fingerprint density at radius 3 is 1.85 bits per heavy atom. The van der Waals surface area contributed by atoms with Crippen LogP contribution in [-0.4, -0.2) is 11.5 Å². The fraction of sp³-hybridized carbons (Fsp3) is 0.0588. The fourth-order valence-electron chi connectivity index (χ4n) is 10.2. The Balaban J connectivity index is 1.35. The first-order valence-corrected chi connectivity index (χ1v) is 18.7. The minimum absolute atomic E-state index is 0.507. The molecule has 254 valence electrons. The summed E-state index contributed by atoms with van der Waals surface area (Å²) in [7, 11) is 1.75. The lowest BCUT2D eigenvalue weighted by molar-refractivity contribution is 0.415. The molecule has 10 aromatic rings. The van der Waals surface area contributed by atoms with Crippen molar-refractivity contribution in [3.63, 3.8) is 0 Å². The summed E-state index contributed by atoms with van der Waals surface area (Å²) in [6, 6.07) is 63.1. The molecule has 8 aromatic carbocycles. The predicted molar refractivity (Wildman–Crippen MR) is 223 cm³/mol. The number of ether oxygens (including phenoxy) is 1. The largest absolute Gasteiger partial charge is 0.497 e. The van der Waals surface area contributed by atoms with Crippen LogP contribution < -0.4 is 9.64 Å². The van der Waals surface area contributed by atoms with E-state index in [2.05, 4.69) is 180 Å². The number of fused-ring (bicyclic) bond motifs is 17. The van der Waals surface area contributed by atoms with Gasteiger partial charge < -0.3 is 14.0 Å². The number of hydrogen-bond acceptors (Lipinski definition) is 2. The SMILES string of the molecule is COc1cccc(N(c2ccc(C)cc2)c2cc3c(c4c2c2cccc5c6ccccc6n4c52)-c2ccccc2C32c3ccccc3-c3ccccc32)c1. The summed E-state index contributed by atoms with van der Waals surface area (Å²) in [6.07, 6.45) is 0. The van der Waals surface area contributed by atoms with Gasteiger partial charge in [-0.25, -0.2) is 0 Å². The molecule has 2 aromatic heterocycles. The number of anilines is 3. The van der Waals surface area contributed by atoms with Crippen LogP contribution in [0.3, 0.4) is 0 Å². The third kappa shape index (κ3) is 3.57. The highest BCUT2D eigenvalue weighted by molar-refractivity contribution is 6.29. The summed E-state index contributed by atoms with van der Waals surface area (Å²) in [4.78, 5) is 2.46. The topological polar surface area (TPSA) is 16.9 Å². The van der Waals surface area contributed by atoms with Crippen LogP contribution in [0.15, 0.2) is 170 Å². The van der Waals surface area contributed by atoms with Crippen LogP contribution in [0.4, 0.5) is 17.1 Å². The van der Waals surface area contributed by atoms with Crippen LogP contribution in [0.5, 0.6) is 5.75 Å². The number of methoxy groups -OCH3 is 1. The zero-order chi connectivity index (χ0) is 35.7. The van der Waals surface area contributed by atoms with Crippen molar-refractivity contribution in [3.8, 4) is 28.0 Å². The molecule has 0 unspecified atom stereocenters. The Morgan fingerprint density at radius 2 is 1.11 bits per heavy atom. The van der Waals surface area contributed by atoms with Gasteiger partial charge in [0.25, 0.3) is 0 Å². The van der Waals surface area contributed by atoms with Crippen molar-refractivity contribution in [2.45, 2.75) is 12.3 Å². The molecule has 54 heavy (non-hydrogen) atoms. The van der Waals surface area contributed by atoms with Gasteiger partial charge in [-0.15, -0.1) is 0 Å². The molecular weight excluding hydrogens is 657 g/mol. The molecule has 3 nitrogen and oxygen atoms in total. The molecule has 0 bridgehead atoms. The molecule has 0 N–H and O–H groups in total. The number of rotatable bonds is 4. The number of aromatic nitrogens is 1. The van der Waals surface area contributed by atoms with E-state index in [1.807, 2.05) is 6.07 Å². The van der Waals surface area contributed by atoms with Crippen molar-refractivity contribution in [2.75, 3.05) is 12.0 Å². The van der Waals surface area contributed by atoms with E-state index in [0.29, 0.717) is 0 Å². The average molecular weight is 691 g/mol. The van der Waals surface area contributed by atoms with Gasteiger partial charge in [0.15, 0.2) is 0 Å². The molecule has 0 saturated carbocycles. The van der Waals surface area contributed by atoms with Gasteiger partial charge in [-0.1, -0.05) is 133 Å². The first kappa shape index (κ1) is 29.7. The predicted octanol–water partition coefficient (Wildman–Crippen LogP) is 13.0. The van der Waals surface area contributed by atoms with Crippen molar-refractivity contribution < 1.29 is 4.74 Å². The molecule has 0 radical (unpaired) electrons. The second-order valence-electron chi connectivity index (χ2n) is 14.9. The van der Waals surface area contributed by atoms with Gasteiger partial charge >= 0.3 is 0 Å². The Morgan fingerprint density at radius 1 is 0.500 bits per heavy atom. The monoisotopic (exact) mass is 690 g/mol. The standard InChI is InChI=1S/C51H34N2O/c1-31-25-27-32(28-26-31)52(33-13-11-14-34(29-33)54-2)46-30-44-47(50-48(46)40-20-12-19-38-37-17-6-10-24-45(37)53(50)49(38)40)39-18-5-9-23-43(39)51(44)41-21-7-3-15-35(41)36-16-4-8-22-42(36)51/h3-30H,1-2H3. The highest BCUT2D eigenvalue weighted by Gasteiger charge is 2.53. The zero-order valence-corrected chi connectivity index (χ0v) is 30.0. The maximum absolute atomic E-state index is 5.86. The van der Waals surface area contributed by atoms with Gasteiger partial charge in [0.05, 0.1) is 34.8 Å². The van der Waals surface area contributed by atoms with E-state index >= 15 is 0 Å². The first-order valence-electron chi connectivity index (χ1n) is 18.7. The summed E-state index contributed by atoms with van der Waals surface area (Å²) in [5.74, 6) is 0.823. The van der Waals surface area contributed by atoms with Crippen LogP contribution in [0.2, 0.25) is 0 Å². The lowest BCUT2D eigenvalue weighted by Gasteiger charge is -2.33. The lowest BCUT2D eigenvalue weighted by atomic mass is 9.70. The summed E-state index contributed by atoms with van der Waals surface area (Å²) < 4.78 is 8.44. The number of hydrogen-bond donors (Lipinski definition) is 0. The molecule has 2 aliphatic carbocycles. The third-order valence-electron chi connectivity index (χ3n) is 12.3. The molecule has 3 heteroatoms. The molecule has 0 fully saturated rings. The Bertz CT molecular complexity index is 3120. The Hall–Kier alpha value is -6.84. The van der Waals surface area contributed by atoms with Crippen LogP contribution in [0.1, 0.15) is 27.8 Å². The number of nitrogens with zero attached hydrogens (tertiary/aromatic N) is 2. The zero-order valence-electron chi connectivity index (χ0n) is 30.0. The van der Waals surface area contributed by atoms with Crippen molar-refractivity contribution >= 4 is 55.2 Å². The first-order chi connectivity index (χ1) is 26.7. The normalized spacial score (nSPS) is 13.5. The van der Waals surface area contributed by atoms with E-state index in [4.69, 9.17) is 4.74 Å². The van der Waals surface area contributed by atoms with E-state index in [0.717, 1.165) is 22.8 Å². The summed E-state index contributed by atoms with van der Waals surface area (Å²) in [6.45, 7) is 2.15. The van der Waals surface area contributed by atoms with Gasteiger partial charge in [-0.05, 0) is 82.3 Å². The van der Waals surface area contributed by atoms with Crippen LogP contribution in [-0.2, 0) is 5.41 Å². The number of benzene rings is 8. The van der Waals surface area contributed by atoms with Crippen molar-refractivity contribution in [1.82, 2.24) is 4.40 Å². The second kappa shape index (κ2) is 10.6. The Labute approximate surface area is 313 Å². The van der Waals surface area contributed by atoms with Gasteiger partial charge in [0, 0.05) is 44.5 Å². The minimum atomic E-state index is -0.507. The average Bonchev–Trinajstić information content (AvgIpc) is 3.93. The lowest BCUT2D eigenvalue weighted by Crippen LogP contribution is -2.26. The summed E-state index contributed by atoms with van der Waals surface area (Å²) in [5, 5.41) is 5.05. The van der Waals surface area contributed by atoms with Crippen molar-refractivity contribution in [3.05, 3.63) is 198 Å². The van der Waals surface area contributed by atoms with Gasteiger partial charge in [-0.2, -0.15) is 0 Å². The highest BCUT2D eigenvalue weighted by Crippen LogP contribution is 2.65. The Kier molecular flexibility index (Phi) is 5.84. The fourth-order valence-corrected chi connectivity index (χ4v) is 10.2. The molecule has 2 heterocycles.